The van der Waals surface area contributed by atoms with E-state index in [0.29, 0.717) is 0 Å². The highest BCUT2D eigenvalue weighted by Crippen LogP contribution is 2.22. The largest absolute Gasteiger partial charge is 0.361 e. The highest BCUT2D eigenvalue weighted by atomic mass is 127. The topological polar surface area (TPSA) is 61.2 Å². The van der Waals surface area contributed by atoms with E-state index in [1.54, 1.807) is 0 Å². The van der Waals surface area contributed by atoms with Crippen molar-refractivity contribution in [2.24, 2.45) is 12.0 Å². The molecule has 3 rings (SSSR count). The van der Waals surface area contributed by atoms with E-state index >= 15 is 0 Å². The highest BCUT2D eigenvalue weighted by Gasteiger charge is 2.09. The molecule has 0 bridgehead atoms. The van der Waals surface area contributed by atoms with Crippen molar-refractivity contribution >= 4 is 40.8 Å². The molecule has 0 saturated carbocycles. The van der Waals surface area contributed by atoms with Crippen molar-refractivity contribution in [1.29, 1.82) is 0 Å². The third-order valence-electron chi connectivity index (χ3n) is 4.70. The summed E-state index contributed by atoms with van der Waals surface area (Å²) in [6.45, 7) is 3.81. The smallest absolute Gasteiger partial charge is 0.193 e. The number of aliphatic imine (C=N–C) groups is 1. The number of hydrogen-bond acceptors (Lipinski definition) is 2. The Morgan fingerprint density at radius 2 is 2.15 bits per heavy atom. The van der Waals surface area contributed by atoms with Crippen LogP contribution in [0.5, 0.6) is 0 Å². The highest BCUT2D eigenvalue weighted by molar-refractivity contribution is 14.0. The van der Waals surface area contributed by atoms with Crippen LogP contribution in [0.15, 0.2) is 41.8 Å². The predicted octanol–water partition coefficient (Wildman–Crippen LogP) is 3.33. The second-order valence-electron chi connectivity index (χ2n) is 6.61. The molecule has 0 aliphatic rings. The van der Waals surface area contributed by atoms with Crippen molar-refractivity contribution in [2.75, 3.05) is 20.6 Å². The molecular formula is C20H29IN6. The summed E-state index contributed by atoms with van der Waals surface area (Å²) in [5.41, 5.74) is 5.15. The lowest BCUT2D eigenvalue weighted by molar-refractivity contribution is 0.477. The molecule has 0 fully saturated rings. The van der Waals surface area contributed by atoms with Gasteiger partial charge in [-0.05, 0) is 24.0 Å². The van der Waals surface area contributed by atoms with Crippen molar-refractivity contribution in [2.45, 2.75) is 26.3 Å². The zero-order valence-corrected chi connectivity index (χ0v) is 18.8. The molecule has 146 valence electrons. The summed E-state index contributed by atoms with van der Waals surface area (Å²) in [5.74, 6) is 0.892. The molecule has 0 atom stereocenters. The first-order valence-corrected chi connectivity index (χ1v) is 9.09. The van der Waals surface area contributed by atoms with Crippen LogP contribution in [0.4, 0.5) is 0 Å². The van der Waals surface area contributed by atoms with Crippen LogP contribution in [0, 0.1) is 0 Å². The molecule has 3 aromatic rings. The molecule has 0 saturated heterocycles. The van der Waals surface area contributed by atoms with E-state index in [1.165, 1.54) is 27.6 Å². The van der Waals surface area contributed by atoms with Gasteiger partial charge in [0.2, 0.25) is 0 Å². The minimum atomic E-state index is 0. The van der Waals surface area contributed by atoms with Gasteiger partial charge < -0.3 is 15.2 Å². The van der Waals surface area contributed by atoms with E-state index in [4.69, 9.17) is 0 Å². The molecule has 0 aliphatic heterocycles. The maximum atomic E-state index is 4.40. The Morgan fingerprint density at radius 3 is 2.81 bits per heavy atom. The first-order valence-electron chi connectivity index (χ1n) is 9.09. The number of hydrogen-bond donors (Lipinski definition) is 2. The fourth-order valence-electron chi connectivity index (χ4n) is 3.37. The summed E-state index contributed by atoms with van der Waals surface area (Å²) in [4.78, 5) is 9.95. The van der Waals surface area contributed by atoms with Gasteiger partial charge in [0.05, 0.1) is 6.20 Å². The Kier molecular flexibility index (Phi) is 7.70. The summed E-state index contributed by atoms with van der Waals surface area (Å²) in [5, 5.41) is 9.01. The van der Waals surface area contributed by atoms with Gasteiger partial charge in [0.15, 0.2) is 5.96 Å². The fourth-order valence-corrected chi connectivity index (χ4v) is 3.37. The Hall–Kier alpha value is -2.03. The number of nitrogens with one attached hydrogen (secondary N) is 2. The number of H-pyrrole nitrogens is 1. The van der Waals surface area contributed by atoms with E-state index in [9.17, 15) is 0 Å². The lowest BCUT2D eigenvalue weighted by Crippen LogP contribution is -2.39. The van der Waals surface area contributed by atoms with Crippen LogP contribution < -0.4 is 5.32 Å². The maximum absolute atomic E-state index is 4.40. The Labute approximate surface area is 178 Å². The number of benzene rings is 1. The maximum Gasteiger partial charge on any atom is 0.193 e. The van der Waals surface area contributed by atoms with Gasteiger partial charge in [-0.2, -0.15) is 5.10 Å². The number of aromatic amines is 1. The summed E-state index contributed by atoms with van der Waals surface area (Å²) in [7, 11) is 5.80. The average molecular weight is 480 g/mol. The number of para-hydroxylation sites is 1. The first-order chi connectivity index (χ1) is 12.6. The normalized spacial score (nSPS) is 11.5. The Morgan fingerprint density at radius 1 is 1.33 bits per heavy atom. The quantitative estimate of drug-likeness (QED) is 0.323. The van der Waals surface area contributed by atoms with E-state index in [1.807, 2.05) is 38.2 Å². The lowest BCUT2D eigenvalue weighted by Gasteiger charge is -2.21. The number of halogens is 1. The minimum absolute atomic E-state index is 0. The van der Waals surface area contributed by atoms with Gasteiger partial charge in [-0.1, -0.05) is 25.1 Å². The summed E-state index contributed by atoms with van der Waals surface area (Å²) in [6, 6.07) is 6.53. The van der Waals surface area contributed by atoms with Crippen LogP contribution in [-0.2, 0) is 26.4 Å². The zero-order valence-electron chi connectivity index (χ0n) is 16.5. The van der Waals surface area contributed by atoms with Crippen LogP contribution >= 0.6 is 24.0 Å². The summed E-state index contributed by atoms with van der Waals surface area (Å²) in [6.07, 6.45) is 8.05. The number of rotatable bonds is 6. The zero-order chi connectivity index (χ0) is 18.5. The number of nitrogens with zero attached hydrogens (tertiary/aromatic N) is 4. The van der Waals surface area contributed by atoms with Crippen LogP contribution in [0.25, 0.3) is 10.9 Å². The van der Waals surface area contributed by atoms with Gasteiger partial charge in [-0.25, -0.2) is 0 Å². The van der Waals surface area contributed by atoms with E-state index in [2.05, 4.69) is 56.6 Å². The van der Waals surface area contributed by atoms with Crippen LogP contribution in [0.2, 0.25) is 0 Å². The van der Waals surface area contributed by atoms with Crippen molar-refractivity contribution in [1.82, 2.24) is 25.0 Å². The molecule has 2 N–H and O–H groups in total. The monoisotopic (exact) mass is 480 g/mol. The molecule has 27 heavy (non-hydrogen) atoms. The van der Waals surface area contributed by atoms with Crippen molar-refractivity contribution in [3.05, 3.63) is 53.5 Å². The lowest BCUT2D eigenvalue weighted by atomic mass is 10.1. The standard InChI is InChI=1S/C20H28N6.HI/c1-5-16-7-6-8-18-17(12-23-19(16)18)9-10-22-20(21-2)25(3)13-15-11-24-26(4)14-15;/h6-8,11-12,14,23H,5,9-10,13H2,1-4H3,(H,21,22);1H. The molecule has 1 aromatic carbocycles. The van der Waals surface area contributed by atoms with Crippen LogP contribution in [0.3, 0.4) is 0 Å². The molecule has 6 nitrogen and oxygen atoms in total. The molecule has 2 heterocycles. The van der Waals surface area contributed by atoms with Crippen molar-refractivity contribution in [3.8, 4) is 0 Å². The van der Waals surface area contributed by atoms with Crippen LogP contribution in [0.1, 0.15) is 23.6 Å². The second-order valence-corrected chi connectivity index (χ2v) is 6.61. The van der Waals surface area contributed by atoms with Gasteiger partial charge in [0.25, 0.3) is 0 Å². The molecule has 0 amide bonds. The molecule has 0 unspecified atom stereocenters. The SMILES string of the molecule is CCc1cccc2c(CCNC(=NC)N(C)Cc3cnn(C)c3)c[nH]c12.I. The van der Waals surface area contributed by atoms with E-state index in [-0.39, 0.29) is 24.0 Å². The van der Waals surface area contributed by atoms with Gasteiger partial charge in [0.1, 0.15) is 0 Å². The molecular weight excluding hydrogens is 451 g/mol. The second kappa shape index (κ2) is 9.77. The molecule has 7 heteroatoms. The third kappa shape index (κ3) is 5.03. The number of guanidine groups is 1. The molecule has 0 radical (unpaired) electrons. The average Bonchev–Trinajstić information content (AvgIpc) is 3.24. The number of aromatic nitrogens is 3. The first kappa shape index (κ1) is 21.3. The summed E-state index contributed by atoms with van der Waals surface area (Å²) < 4.78 is 1.82. The van der Waals surface area contributed by atoms with E-state index in [0.717, 1.165) is 31.9 Å². The predicted molar refractivity (Wildman–Crippen MR) is 123 cm³/mol. The fraction of sp³-hybridized carbons (Fsp3) is 0.400. The van der Waals surface area contributed by atoms with Crippen LogP contribution in [-0.4, -0.2) is 46.3 Å². The van der Waals surface area contributed by atoms with E-state index < -0.39 is 0 Å². The number of fused-ring (bicyclic) bond motifs is 1. The minimum Gasteiger partial charge on any atom is -0.361 e. The molecule has 0 spiro atoms. The van der Waals surface area contributed by atoms with Crippen molar-refractivity contribution < 1.29 is 0 Å². The van der Waals surface area contributed by atoms with Crippen molar-refractivity contribution in [3.63, 3.8) is 0 Å². The summed E-state index contributed by atoms with van der Waals surface area (Å²) >= 11 is 0. The van der Waals surface area contributed by atoms with Gasteiger partial charge >= 0.3 is 0 Å². The number of aryl methyl sites for hydroxylation is 2. The van der Waals surface area contributed by atoms with Gasteiger partial charge in [0, 0.05) is 63.1 Å². The molecule has 2 aromatic heterocycles. The van der Waals surface area contributed by atoms with Gasteiger partial charge in [-0.15, -0.1) is 24.0 Å². The third-order valence-corrected chi connectivity index (χ3v) is 4.70. The Balaban J connectivity index is 0.00000261. The molecule has 0 aliphatic carbocycles. The van der Waals surface area contributed by atoms with Gasteiger partial charge in [-0.3, -0.25) is 9.67 Å². The Bertz CT molecular complexity index is 895.